The van der Waals surface area contributed by atoms with Crippen molar-refractivity contribution in [3.8, 4) is 17.4 Å². The zero-order valence-corrected chi connectivity index (χ0v) is 15.8. The van der Waals surface area contributed by atoms with Crippen molar-refractivity contribution < 1.29 is 14.6 Å². The number of benzene rings is 1. The van der Waals surface area contributed by atoms with Gasteiger partial charge in [-0.15, -0.1) is 0 Å². The molecule has 144 valence electrons. The van der Waals surface area contributed by atoms with E-state index >= 15 is 0 Å². The second-order valence-electron chi connectivity index (χ2n) is 6.34. The van der Waals surface area contributed by atoms with Gasteiger partial charge in [0.25, 0.3) is 0 Å². The maximum atomic E-state index is 9.73. The van der Waals surface area contributed by atoms with Gasteiger partial charge in [0, 0.05) is 38.0 Å². The normalized spacial score (nSPS) is 17.1. The van der Waals surface area contributed by atoms with E-state index in [1.807, 2.05) is 43.3 Å². The number of ether oxygens (including phenoxy) is 2. The van der Waals surface area contributed by atoms with Crippen LogP contribution in [0.2, 0.25) is 0 Å². The van der Waals surface area contributed by atoms with Crippen LogP contribution in [0.25, 0.3) is 0 Å². The Morgan fingerprint density at radius 2 is 2.19 bits per heavy atom. The van der Waals surface area contributed by atoms with E-state index in [0.717, 1.165) is 36.8 Å². The molecule has 7 nitrogen and oxygen atoms in total. The number of nitrogens with one attached hydrogen (secondary N) is 1. The van der Waals surface area contributed by atoms with Gasteiger partial charge in [-0.2, -0.15) is 0 Å². The zero-order valence-electron chi connectivity index (χ0n) is 15.8. The Kier molecular flexibility index (Phi) is 6.49. The highest BCUT2D eigenvalue weighted by molar-refractivity contribution is 5.80. The molecule has 0 radical (unpaired) electrons. The van der Waals surface area contributed by atoms with Crippen molar-refractivity contribution in [2.45, 2.75) is 26.0 Å². The molecule has 0 amide bonds. The molecular formula is C20H26N4O3. The van der Waals surface area contributed by atoms with E-state index in [0.29, 0.717) is 24.7 Å². The van der Waals surface area contributed by atoms with Crippen LogP contribution in [0, 0.1) is 0 Å². The summed E-state index contributed by atoms with van der Waals surface area (Å²) in [6, 6.07) is 11.2. The Balaban J connectivity index is 1.62. The SMILES string of the molecule is CCNC(=NCc1ccc(Oc2cccc(OC)c2)nc1)N1CC[C@@H](O)C1. The van der Waals surface area contributed by atoms with Crippen molar-refractivity contribution in [3.63, 3.8) is 0 Å². The number of likely N-dealkylation sites (tertiary alicyclic amines) is 1. The summed E-state index contributed by atoms with van der Waals surface area (Å²) in [6.45, 7) is 4.78. The lowest BCUT2D eigenvalue weighted by atomic mass is 10.3. The maximum absolute atomic E-state index is 9.73. The topological polar surface area (TPSA) is 79.2 Å². The first-order valence-electron chi connectivity index (χ1n) is 9.16. The molecule has 0 spiro atoms. The smallest absolute Gasteiger partial charge is 0.219 e. The van der Waals surface area contributed by atoms with Crippen LogP contribution in [0.15, 0.2) is 47.6 Å². The van der Waals surface area contributed by atoms with Gasteiger partial charge in [0.05, 0.1) is 19.8 Å². The number of nitrogens with zero attached hydrogens (tertiary/aromatic N) is 3. The van der Waals surface area contributed by atoms with Crippen LogP contribution in [0.1, 0.15) is 18.9 Å². The number of β-amino-alcohol motifs (C(OH)–C–C–N with tert-alkyl or cyclic N) is 1. The largest absolute Gasteiger partial charge is 0.497 e. The number of hydrogen-bond donors (Lipinski definition) is 2. The molecule has 1 atom stereocenters. The summed E-state index contributed by atoms with van der Waals surface area (Å²) in [5.74, 6) is 2.76. The van der Waals surface area contributed by atoms with Crippen molar-refractivity contribution in [2.75, 3.05) is 26.7 Å². The number of methoxy groups -OCH3 is 1. The molecule has 1 aliphatic heterocycles. The lowest BCUT2D eigenvalue weighted by Crippen LogP contribution is -2.40. The van der Waals surface area contributed by atoms with Gasteiger partial charge >= 0.3 is 0 Å². The molecule has 1 fully saturated rings. The highest BCUT2D eigenvalue weighted by atomic mass is 16.5. The first-order chi connectivity index (χ1) is 13.2. The van der Waals surface area contributed by atoms with Crippen LogP contribution in [-0.4, -0.2) is 53.8 Å². The molecule has 1 aliphatic rings. The molecule has 3 rings (SSSR count). The van der Waals surface area contributed by atoms with E-state index < -0.39 is 0 Å². The highest BCUT2D eigenvalue weighted by Gasteiger charge is 2.22. The first-order valence-corrected chi connectivity index (χ1v) is 9.16. The van der Waals surface area contributed by atoms with Crippen molar-refractivity contribution in [1.29, 1.82) is 0 Å². The van der Waals surface area contributed by atoms with Crippen molar-refractivity contribution in [3.05, 3.63) is 48.2 Å². The number of rotatable bonds is 6. The number of aromatic nitrogens is 1. The van der Waals surface area contributed by atoms with E-state index in [4.69, 9.17) is 9.47 Å². The fourth-order valence-electron chi connectivity index (χ4n) is 2.88. The van der Waals surface area contributed by atoms with Gasteiger partial charge in [-0.3, -0.25) is 0 Å². The lowest BCUT2D eigenvalue weighted by molar-refractivity contribution is 0.188. The molecule has 1 saturated heterocycles. The Morgan fingerprint density at radius 1 is 1.33 bits per heavy atom. The van der Waals surface area contributed by atoms with Gasteiger partial charge in [0.15, 0.2) is 5.96 Å². The molecule has 2 aromatic rings. The van der Waals surface area contributed by atoms with E-state index in [1.54, 1.807) is 13.3 Å². The average molecular weight is 370 g/mol. The molecule has 0 saturated carbocycles. The standard InChI is InChI=1S/C20H26N4O3/c1-3-21-20(24-10-9-16(25)14-24)23-13-15-7-8-19(22-12-15)27-18-6-4-5-17(11-18)26-2/h4-8,11-12,16,25H,3,9-10,13-14H2,1-2H3,(H,21,23)/t16-/m1/s1. The van der Waals surface area contributed by atoms with Crippen LogP contribution < -0.4 is 14.8 Å². The van der Waals surface area contributed by atoms with Crippen LogP contribution in [0.3, 0.4) is 0 Å². The molecule has 2 heterocycles. The van der Waals surface area contributed by atoms with Gasteiger partial charge in [0.2, 0.25) is 5.88 Å². The molecule has 1 aromatic carbocycles. The molecule has 1 aromatic heterocycles. The van der Waals surface area contributed by atoms with Gasteiger partial charge in [0.1, 0.15) is 11.5 Å². The van der Waals surface area contributed by atoms with E-state index in [-0.39, 0.29) is 6.10 Å². The van der Waals surface area contributed by atoms with Gasteiger partial charge in [-0.25, -0.2) is 9.98 Å². The van der Waals surface area contributed by atoms with Gasteiger partial charge < -0.3 is 24.8 Å². The second kappa shape index (κ2) is 9.23. The maximum Gasteiger partial charge on any atom is 0.219 e. The predicted molar refractivity (Wildman–Crippen MR) is 104 cm³/mol. The Hall–Kier alpha value is -2.80. The first kappa shape index (κ1) is 19.0. The third-order valence-electron chi connectivity index (χ3n) is 4.27. The summed E-state index contributed by atoms with van der Waals surface area (Å²) >= 11 is 0. The van der Waals surface area contributed by atoms with E-state index in [2.05, 4.69) is 20.2 Å². The molecular weight excluding hydrogens is 344 g/mol. The zero-order chi connectivity index (χ0) is 19.1. The molecule has 2 N–H and O–H groups in total. The summed E-state index contributed by atoms with van der Waals surface area (Å²) in [5, 5.41) is 13.0. The quantitative estimate of drug-likeness (QED) is 0.601. The number of aliphatic hydroxyl groups is 1. The minimum absolute atomic E-state index is 0.274. The molecule has 27 heavy (non-hydrogen) atoms. The summed E-state index contributed by atoms with van der Waals surface area (Å²) in [5.41, 5.74) is 0.989. The van der Waals surface area contributed by atoms with Crippen molar-refractivity contribution >= 4 is 5.96 Å². The van der Waals surface area contributed by atoms with Crippen molar-refractivity contribution in [2.24, 2.45) is 4.99 Å². The third kappa shape index (κ3) is 5.34. The highest BCUT2D eigenvalue weighted by Crippen LogP contribution is 2.23. The number of guanidine groups is 1. The van der Waals surface area contributed by atoms with Crippen LogP contribution >= 0.6 is 0 Å². The molecule has 0 unspecified atom stereocenters. The minimum atomic E-state index is -0.274. The Morgan fingerprint density at radius 3 is 2.85 bits per heavy atom. The second-order valence-corrected chi connectivity index (χ2v) is 6.34. The summed E-state index contributed by atoms with van der Waals surface area (Å²) < 4.78 is 11.0. The monoisotopic (exact) mass is 370 g/mol. The van der Waals surface area contributed by atoms with Crippen LogP contribution in [-0.2, 0) is 6.54 Å². The third-order valence-corrected chi connectivity index (χ3v) is 4.27. The number of aliphatic imine (C=N–C) groups is 1. The Bertz CT molecular complexity index is 764. The van der Waals surface area contributed by atoms with E-state index in [9.17, 15) is 5.11 Å². The Labute approximate surface area is 159 Å². The van der Waals surface area contributed by atoms with Crippen LogP contribution in [0.5, 0.6) is 17.4 Å². The fourth-order valence-corrected chi connectivity index (χ4v) is 2.88. The lowest BCUT2D eigenvalue weighted by Gasteiger charge is -2.20. The van der Waals surface area contributed by atoms with Crippen LogP contribution in [0.4, 0.5) is 0 Å². The number of pyridine rings is 1. The minimum Gasteiger partial charge on any atom is -0.497 e. The predicted octanol–water partition coefficient (Wildman–Crippen LogP) is 2.41. The summed E-state index contributed by atoms with van der Waals surface area (Å²) in [4.78, 5) is 11.1. The van der Waals surface area contributed by atoms with Gasteiger partial charge in [-0.1, -0.05) is 12.1 Å². The summed E-state index contributed by atoms with van der Waals surface area (Å²) in [6.07, 6.45) is 2.27. The average Bonchev–Trinajstić information content (AvgIpc) is 3.12. The molecule has 0 aliphatic carbocycles. The fraction of sp³-hybridized carbons (Fsp3) is 0.400. The number of aliphatic hydroxyl groups excluding tert-OH is 1. The van der Waals surface area contributed by atoms with Crippen molar-refractivity contribution in [1.82, 2.24) is 15.2 Å². The number of hydrogen-bond acceptors (Lipinski definition) is 5. The summed E-state index contributed by atoms with van der Waals surface area (Å²) in [7, 11) is 1.62. The molecule has 7 heteroatoms. The van der Waals surface area contributed by atoms with Gasteiger partial charge in [-0.05, 0) is 31.0 Å². The van der Waals surface area contributed by atoms with E-state index in [1.165, 1.54) is 0 Å². The molecule has 0 bridgehead atoms.